The number of aldehydes is 1. The normalized spacial score (nSPS) is 12.7. The number of carbonyl (C=O) groups excluding carboxylic acids is 1. The lowest BCUT2D eigenvalue weighted by molar-refractivity contribution is -0.106. The van der Waals surface area contributed by atoms with Crippen LogP contribution in [0.3, 0.4) is 0 Å². The molecule has 0 unspecified atom stereocenters. The van der Waals surface area contributed by atoms with Crippen molar-refractivity contribution in [1.82, 2.24) is 0 Å². The molecule has 4 heteroatoms. The van der Waals surface area contributed by atoms with Gasteiger partial charge in [0.25, 0.3) is 0 Å². The molecule has 0 atom stereocenters. The average molecular weight is 418 g/mol. The lowest BCUT2D eigenvalue weighted by Crippen LogP contribution is -2.09. The number of hydrogen-bond donors (Lipinski definition) is 1. The average Bonchev–Trinajstić information content (AvgIpc) is 2.79. The summed E-state index contributed by atoms with van der Waals surface area (Å²) in [5.41, 5.74) is 2.25. The Balaban J connectivity index is 2.64. The molecule has 31 heavy (non-hydrogen) atoms. The Morgan fingerprint density at radius 1 is 0.935 bits per heavy atom. The van der Waals surface area contributed by atoms with Crippen molar-refractivity contribution < 1.29 is 4.79 Å². The maximum absolute atomic E-state index is 10.6. The predicted molar refractivity (Wildman–Crippen MR) is 136 cm³/mol. The number of guanidine groups is 1. The first-order chi connectivity index (χ1) is 15.3. The number of carbonyl (C=O) groups is 1. The van der Waals surface area contributed by atoms with E-state index in [4.69, 9.17) is 0 Å². The summed E-state index contributed by atoms with van der Waals surface area (Å²) in [5, 5.41) is 3.20. The zero-order chi connectivity index (χ0) is 22.4. The van der Waals surface area contributed by atoms with Crippen molar-refractivity contribution in [2.24, 2.45) is 9.98 Å². The number of nitrogens with one attached hydrogen (secondary N) is 1. The van der Waals surface area contributed by atoms with Gasteiger partial charge in [-0.2, -0.15) is 0 Å². The van der Waals surface area contributed by atoms with Gasteiger partial charge in [0.05, 0.1) is 0 Å². The number of hydrogen-bond acceptors (Lipinski definition) is 2. The molecule has 0 spiro atoms. The molecule has 0 saturated heterocycles. The van der Waals surface area contributed by atoms with Gasteiger partial charge in [-0.1, -0.05) is 93.9 Å². The van der Waals surface area contributed by atoms with Crippen LogP contribution in [0.1, 0.15) is 51.0 Å². The van der Waals surface area contributed by atoms with Gasteiger partial charge >= 0.3 is 0 Å². The van der Waals surface area contributed by atoms with Crippen LogP contribution < -0.4 is 5.32 Å². The van der Waals surface area contributed by atoms with Crippen LogP contribution in [0, 0.1) is 0 Å². The summed E-state index contributed by atoms with van der Waals surface area (Å²) in [7, 11) is 0. The van der Waals surface area contributed by atoms with Gasteiger partial charge in [-0.05, 0) is 36.6 Å². The van der Waals surface area contributed by atoms with E-state index in [-0.39, 0.29) is 6.42 Å². The van der Waals surface area contributed by atoms with Crippen LogP contribution in [0.25, 0.3) is 0 Å². The number of aryl methyl sites for hydroxylation is 1. The summed E-state index contributed by atoms with van der Waals surface area (Å²) in [4.78, 5) is 19.2. The molecule has 0 saturated carbocycles. The fourth-order valence-corrected chi connectivity index (χ4v) is 2.66. The van der Waals surface area contributed by atoms with E-state index in [0.29, 0.717) is 5.96 Å². The van der Waals surface area contributed by atoms with Crippen LogP contribution in [-0.4, -0.2) is 18.5 Å². The summed E-state index contributed by atoms with van der Waals surface area (Å²) in [5.74, 6) is 0.434. The number of unbranched alkanes of at least 4 members (excludes halogenated alkanes) is 4. The van der Waals surface area contributed by atoms with Crippen LogP contribution in [-0.2, 0) is 11.2 Å². The van der Waals surface area contributed by atoms with E-state index in [1.54, 1.807) is 18.5 Å². The molecule has 0 bridgehead atoms. The summed E-state index contributed by atoms with van der Waals surface area (Å²) in [6.45, 7) is 5.85. The molecule has 0 aliphatic heterocycles. The van der Waals surface area contributed by atoms with Crippen molar-refractivity contribution >= 4 is 24.1 Å². The number of allylic oxidation sites excluding steroid dienone is 8. The molecule has 0 aromatic heterocycles. The topological polar surface area (TPSA) is 53.8 Å². The Morgan fingerprint density at radius 3 is 2.29 bits per heavy atom. The highest BCUT2D eigenvalue weighted by Gasteiger charge is 1.99. The first-order valence-electron chi connectivity index (χ1n) is 11.0. The van der Waals surface area contributed by atoms with Crippen LogP contribution in [0.2, 0.25) is 0 Å². The zero-order valence-corrected chi connectivity index (χ0v) is 18.6. The molecule has 0 heterocycles. The Kier molecular flexibility index (Phi) is 15.6. The highest BCUT2D eigenvalue weighted by Crippen LogP contribution is 2.13. The summed E-state index contributed by atoms with van der Waals surface area (Å²) >= 11 is 0. The molecule has 1 aromatic carbocycles. The molecule has 1 aromatic rings. The van der Waals surface area contributed by atoms with E-state index >= 15 is 0 Å². The molecular weight excluding hydrogens is 382 g/mol. The van der Waals surface area contributed by atoms with Gasteiger partial charge in [0, 0.05) is 24.5 Å². The third-order valence-corrected chi connectivity index (χ3v) is 4.28. The molecule has 0 aliphatic rings. The molecule has 0 amide bonds. The van der Waals surface area contributed by atoms with E-state index < -0.39 is 0 Å². The minimum Gasteiger partial charge on any atom is -0.324 e. The summed E-state index contributed by atoms with van der Waals surface area (Å²) in [6, 6.07) is 8.36. The van der Waals surface area contributed by atoms with Crippen LogP contribution in [0.15, 0.2) is 95.6 Å². The molecule has 1 N–H and O–H groups in total. The quantitative estimate of drug-likeness (QED) is 0.116. The maximum atomic E-state index is 10.6. The van der Waals surface area contributed by atoms with Gasteiger partial charge in [-0.15, -0.1) is 0 Å². The van der Waals surface area contributed by atoms with E-state index in [1.165, 1.54) is 37.7 Å². The third-order valence-electron chi connectivity index (χ3n) is 4.28. The number of rotatable bonds is 14. The lowest BCUT2D eigenvalue weighted by Gasteiger charge is -2.07. The predicted octanol–water partition coefficient (Wildman–Crippen LogP) is 7.00. The molecule has 164 valence electrons. The number of nitrogens with zero attached hydrogens (tertiary/aromatic N) is 2. The molecular formula is C27H35N3O. The van der Waals surface area contributed by atoms with Gasteiger partial charge in [-0.3, -0.25) is 0 Å². The van der Waals surface area contributed by atoms with Crippen molar-refractivity contribution in [3.8, 4) is 0 Å². The van der Waals surface area contributed by atoms with E-state index in [2.05, 4.69) is 40.9 Å². The van der Waals surface area contributed by atoms with Crippen molar-refractivity contribution in [3.63, 3.8) is 0 Å². The Hall–Kier alpha value is -3.27. The van der Waals surface area contributed by atoms with Gasteiger partial charge in [0.15, 0.2) is 0 Å². The molecule has 0 radical (unpaired) electrons. The van der Waals surface area contributed by atoms with Gasteiger partial charge in [-0.25, -0.2) is 9.98 Å². The molecule has 0 fully saturated rings. The SMILES string of the molecule is C=CC=CC=CC=CC=CN=C(N=CCC=O)Nc1ccc(CCCCCCC)cc1. The van der Waals surface area contributed by atoms with Crippen LogP contribution >= 0.6 is 0 Å². The number of aliphatic imine (C=N–C) groups is 2. The third kappa shape index (κ3) is 14.4. The van der Waals surface area contributed by atoms with E-state index in [1.807, 2.05) is 54.7 Å². The second-order valence-electron chi connectivity index (χ2n) is 6.88. The second kappa shape index (κ2) is 18.7. The van der Waals surface area contributed by atoms with Gasteiger partial charge in [0.1, 0.15) is 6.29 Å². The van der Waals surface area contributed by atoms with Gasteiger partial charge in [0.2, 0.25) is 5.96 Å². The standard InChI is InChI=1S/C27H35N3O/c1-3-5-7-9-10-11-13-15-22-28-27(29-23-16-24-31)30-26-20-18-25(19-21-26)17-14-12-8-6-4-2/h3,5,7,9-11,13,15,18-24H,1,4,6,8,12,14,16-17H2,2H3,(H,28,30). The first-order valence-corrected chi connectivity index (χ1v) is 11.0. The Bertz CT molecular complexity index is 796. The van der Waals surface area contributed by atoms with Crippen molar-refractivity contribution in [3.05, 3.63) is 91.2 Å². The largest absolute Gasteiger partial charge is 0.324 e. The molecule has 4 nitrogen and oxygen atoms in total. The zero-order valence-electron chi connectivity index (χ0n) is 18.6. The fourth-order valence-electron chi connectivity index (χ4n) is 2.66. The van der Waals surface area contributed by atoms with E-state index in [0.717, 1.165) is 18.4 Å². The monoisotopic (exact) mass is 417 g/mol. The van der Waals surface area contributed by atoms with Crippen LogP contribution in [0.5, 0.6) is 0 Å². The van der Waals surface area contributed by atoms with Crippen molar-refractivity contribution in [1.29, 1.82) is 0 Å². The smallest absolute Gasteiger partial charge is 0.226 e. The maximum Gasteiger partial charge on any atom is 0.226 e. The fraction of sp³-hybridized carbons (Fsp3) is 0.296. The lowest BCUT2D eigenvalue weighted by atomic mass is 10.1. The number of anilines is 1. The molecule has 0 aliphatic carbocycles. The Labute approximate surface area is 187 Å². The van der Waals surface area contributed by atoms with E-state index in [9.17, 15) is 4.79 Å². The van der Waals surface area contributed by atoms with Gasteiger partial charge < -0.3 is 10.1 Å². The first kappa shape index (κ1) is 25.8. The highest BCUT2D eigenvalue weighted by molar-refractivity contribution is 5.99. The summed E-state index contributed by atoms with van der Waals surface area (Å²) in [6.07, 6.45) is 26.7. The number of benzene rings is 1. The van der Waals surface area contributed by atoms with Crippen LogP contribution in [0.4, 0.5) is 5.69 Å². The molecule has 1 rings (SSSR count). The minimum absolute atomic E-state index is 0.254. The minimum atomic E-state index is 0.254. The second-order valence-corrected chi connectivity index (χ2v) is 6.88. The van der Waals surface area contributed by atoms with Crippen molar-refractivity contribution in [2.45, 2.75) is 51.9 Å². The van der Waals surface area contributed by atoms with Crippen molar-refractivity contribution in [2.75, 3.05) is 5.32 Å². The highest BCUT2D eigenvalue weighted by atomic mass is 16.1. The Morgan fingerprint density at radius 2 is 1.61 bits per heavy atom. The summed E-state index contributed by atoms with van der Waals surface area (Å²) < 4.78 is 0.